The molecule has 220 valence electrons. The van der Waals surface area contributed by atoms with Crippen molar-refractivity contribution in [2.24, 2.45) is 4.99 Å². The van der Waals surface area contributed by atoms with Gasteiger partial charge in [0, 0.05) is 39.6 Å². The van der Waals surface area contributed by atoms with E-state index in [1.807, 2.05) is 38.1 Å². The Bertz CT molecular complexity index is 1220. The number of nitrogens with one attached hydrogen (secondary N) is 3. The van der Waals surface area contributed by atoms with E-state index in [4.69, 9.17) is 9.47 Å². The van der Waals surface area contributed by atoms with Crippen LogP contribution in [0.4, 0.5) is 0 Å². The summed E-state index contributed by atoms with van der Waals surface area (Å²) >= 11 is 1.43. The lowest BCUT2D eigenvalue weighted by Crippen LogP contribution is -2.53. The lowest BCUT2D eigenvalue weighted by Gasteiger charge is -2.31. The quantitative estimate of drug-likeness (QED) is 0.145. The van der Waals surface area contributed by atoms with Crippen LogP contribution in [0.1, 0.15) is 53.5 Å². The number of aromatic nitrogens is 1. The van der Waals surface area contributed by atoms with E-state index >= 15 is 0 Å². The molecule has 0 aliphatic rings. The third-order valence-electron chi connectivity index (χ3n) is 6.32. The maximum absolute atomic E-state index is 13.2. The number of fused-ring (bicyclic) bond motifs is 1. The van der Waals surface area contributed by atoms with Gasteiger partial charge in [0.25, 0.3) is 0 Å². The molecule has 0 saturated carbocycles. The van der Waals surface area contributed by atoms with Gasteiger partial charge in [-0.3, -0.25) is 14.6 Å². The first kappa shape index (κ1) is 32.7. The number of H-pyrrole nitrogens is 1. The lowest BCUT2D eigenvalue weighted by molar-refractivity contribution is -0.260. The summed E-state index contributed by atoms with van der Waals surface area (Å²) < 4.78 is 9.86. The van der Waals surface area contributed by atoms with Crippen LogP contribution >= 0.6 is 11.8 Å². The Hall–Kier alpha value is -3.47. The highest BCUT2D eigenvalue weighted by Crippen LogP contribution is 2.30. The summed E-state index contributed by atoms with van der Waals surface area (Å²) in [7, 11) is 1.25. The summed E-state index contributed by atoms with van der Waals surface area (Å²) in [6.45, 7) is 14.4. The van der Waals surface area contributed by atoms with Crippen LogP contribution in [0.25, 0.3) is 10.9 Å². The van der Waals surface area contributed by atoms with Crippen molar-refractivity contribution in [2.75, 3.05) is 12.9 Å². The number of aliphatic imine (C=N–C) groups is 1. The molecule has 0 saturated heterocycles. The van der Waals surface area contributed by atoms with Crippen molar-refractivity contribution in [1.29, 1.82) is 0 Å². The second-order valence-corrected chi connectivity index (χ2v) is 12.2. The minimum absolute atomic E-state index is 0.168. The minimum atomic E-state index is -1.11. The molecule has 1 aromatic carbocycles. The van der Waals surface area contributed by atoms with Crippen LogP contribution < -0.4 is 15.7 Å². The summed E-state index contributed by atoms with van der Waals surface area (Å²) in [4.78, 5) is 45.9. The molecular formula is C29H41N4O6S-. The van der Waals surface area contributed by atoms with Crippen LogP contribution in [0.5, 0.6) is 0 Å². The number of hydrogen-bond donors (Lipinski definition) is 3. The highest BCUT2D eigenvalue weighted by Gasteiger charge is 2.29. The fourth-order valence-electron chi connectivity index (χ4n) is 3.69. The van der Waals surface area contributed by atoms with Crippen LogP contribution in [0.3, 0.4) is 0 Å². The Morgan fingerprint density at radius 3 is 2.45 bits per heavy atom. The van der Waals surface area contributed by atoms with Gasteiger partial charge in [0.1, 0.15) is 24.2 Å². The molecule has 4 atom stereocenters. The highest BCUT2D eigenvalue weighted by atomic mass is 32.2. The van der Waals surface area contributed by atoms with Crippen molar-refractivity contribution in [3.05, 3.63) is 48.7 Å². The molecule has 11 heteroatoms. The van der Waals surface area contributed by atoms with Crippen molar-refractivity contribution >= 4 is 46.5 Å². The summed E-state index contributed by atoms with van der Waals surface area (Å²) in [6, 6.07) is 4.50. The third kappa shape index (κ3) is 9.62. The van der Waals surface area contributed by atoms with Gasteiger partial charge < -0.3 is 30.2 Å². The van der Waals surface area contributed by atoms with Gasteiger partial charge in [-0.1, -0.05) is 52.0 Å². The largest absolute Gasteiger partial charge is 0.595 e. The van der Waals surface area contributed by atoms with Crippen molar-refractivity contribution in [1.82, 2.24) is 15.6 Å². The van der Waals surface area contributed by atoms with Gasteiger partial charge in [-0.15, -0.1) is 18.3 Å². The first-order valence-electron chi connectivity index (χ1n) is 13.2. The fourth-order valence-corrected chi connectivity index (χ4v) is 4.78. The van der Waals surface area contributed by atoms with Gasteiger partial charge in [-0.05, 0) is 31.9 Å². The SMILES string of the molecule is C=CC(C)(CC)SC[C@H](N=C([O-])OC(C)(C)C)C(=O)N[C@@H](C)C(=O)N[C@@H](Cc1c[nH]c2ccccc12)C(=O)OC. The van der Waals surface area contributed by atoms with Gasteiger partial charge in [0.2, 0.25) is 11.8 Å². The minimum Gasteiger partial charge on any atom is -0.595 e. The molecule has 2 rings (SSSR count). The zero-order valence-electron chi connectivity index (χ0n) is 24.3. The van der Waals surface area contributed by atoms with E-state index in [0.717, 1.165) is 22.9 Å². The molecule has 0 aliphatic carbocycles. The normalized spacial score (nSPS) is 15.8. The Labute approximate surface area is 240 Å². The number of carbonyl (C=O) groups excluding carboxylic acids is 3. The second-order valence-electron chi connectivity index (χ2n) is 10.7. The number of esters is 1. The first-order chi connectivity index (χ1) is 18.7. The number of rotatable bonds is 13. The van der Waals surface area contributed by atoms with Crippen LogP contribution in [0.15, 0.2) is 48.1 Å². The number of carbonyl (C=O) groups is 3. The average Bonchev–Trinajstić information content (AvgIpc) is 3.31. The number of amides is 2. The van der Waals surface area contributed by atoms with Gasteiger partial charge in [-0.25, -0.2) is 4.79 Å². The second kappa shape index (κ2) is 14.2. The topological polar surface area (TPSA) is 145 Å². The predicted molar refractivity (Wildman–Crippen MR) is 157 cm³/mol. The van der Waals surface area contributed by atoms with Crippen molar-refractivity contribution in [2.45, 2.75) is 82.9 Å². The first-order valence-corrected chi connectivity index (χ1v) is 14.2. The highest BCUT2D eigenvalue weighted by molar-refractivity contribution is 8.00. The molecule has 10 nitrogen and oxygen atoms in total. The van der Waals surface area contributed by atoms with E-state index < -0.39 is 47.6 Å². The van der Waals surface area contributed by atoms with E-state index in [1.165, 1.54) is 25.8 Å². The summed E-state index contributed by atoms with van der Waals surface area (Å²) in [5.74, 6) is -1.65. The van der Waals surface area contributed by atoms with Gasteiger partial charge in [0.15, 0.2) is 0 Å². The molecule has 0 radical (unpaired) electrons. The molecule has 40 heavy (non-hydrogen) atoms. The molecule has 0 fully saturated rings. The van der Waals surface area contributed by atoms with Crippen LogP contribution in [-0.2, 0) is 30.3 Å². The smallest absolute Gasteiger partial charge is 0.328 e. The van der Waals surface area contributed by atoms with Crippen molar-refractivity contribution in [3.63, 3.8) is 0 Å². The van der Waals surface area contributed by atoms with Gasteiger partial charge >= 0.3 is 5.97 Å². The van der Waals surface area contributed by atoms with Gasteiger partial charge in [-0.2, -0.15) is 0 Å². The predicted octanol–water partition coefficient (Wildman–Crippen LogP) is 2.86. The molecule has 2 amide bonds. The zero-order valence-corrected chi connectivity index (χ0v) is 25.1. The number of ether oxygens (including phenoxy) is 2. The van der Waals surface area contributed by atoms with E-state index in [1.54, 1.807) is 33.0 Å². The molecular weight excluding hydrogens is 532 g/mol. The third-order valence-corrected chi connectivity index (χ3v) is 7.91. The molecule has 1 aromatic heterocycles. The molecule has 0 spiro atoms. The molecule has 1 heterocycles. The number of para-hydroxylation sites is 1. The number of methoxy groups -OCH3 is 1. The standard InChI is InChI=1S/C29H42N4O6S/c1-9-29(7,10-2)40-17-23(33-27(37)39-28(4,5)6)25(35)31-18(3)24(34)32-22(26(36)38-8)15-19-16-30-21-14-12-11-13-20(19)21/h9,11-14,16,18,22-23,30H,1,10,15,17H2,2-8H3,(H,31,35)(H,32,34)(H,33,37)/p-1/t18-,22-,23-,29?/m0/s1. The van der Waals surface area contributed by atoms with Crippen molar-refractivity contribution in [3.8, 4) is 0 Å². The molecule has 0 bridgehead atoms. The number of nitrogens with zero attached hydrogens (tertiary/aromatic N) is 1. The Balaban J connectivity index is 2.16. The number of thioether (sulfide) groups is 1. The molecule has 3 N–H and O–H groups in total. The average molecular weight is 574 g/mol. The van der Waals surface area contributed by atoms with E-state index in [-0.39, 0.29) is 16.9 Å². The Morgan fingerprint density at radius 2 is 1.85 bits per heavy atom. The molecule has 1 unspecified atom stereocenters. The Kier molecular flexibility index (Phi) is 11.7. The lowest BCUT2D eigenvalue weighted by atomic mass is 10.0. The molecule has 2 aromatic rings. The summed E-state index contributed by atoms with van der Waals surface area (Å²) in [5.41, 5.74) is 0.952. The molecule has 0 aliphatic heterocycles. The maximum atomic E-state index is 13.2. The van der Waals surface area contributed by atoms with E-state index in [2.05, 4.69) is 27.2 Å². The maximum Gasteiger partial charge on any atom is 0.328 e. The van der Waals surface area contributed by atoms with E-state index in [9.17, 15) is 19.5 Å². The van der Waals surface area contributed by atoms with E-state index in [0.29, 0.717) is 0 Å². The van der Waals surface area contributed by atoms with Crippen LogP contribution in [0, 0.1) is 0 Å². The number of hydrogen-bond acceptors (Lipinski definition) is 8. The summed E-state index contributed by atoms with van der Waals surface area (Å²) in [6.07, 6.45) is 3.65. The number of aromatic amines is 1. The van der Waals surface area contributed by atoms with Crippen LogP contribution in [-0.4, -0.2) is 70.2 Å². The number of benzene rings is 1. The Morgan fingerprint density at radius 1 is 1.18 bits per heavy atom. The summed E-state index contributed by atoms with van der Waals surface area (Å²) in [5, 5.41) is 18.6. The monoisotopic (exact) mass is 573 g/mol. The van der Waals surface area contributed by atoms with Gasteiger partial charge in [0.05, 0.1) is 7.11 Å². The zero-order chi connectivity index (χ0) is 30.1. The van der Waals surface area contributed by atoms with Crippen molar-refractivity contribution < 1.29 is 29.0 Å². The fraction of sp³-hybridized carbons (Fsp3) is 0.517. The van der Waals surface area contributed by atoms with Crippen LogP contribution in [0.2, 0.25) is 0 Å².